The molecule has 0 saturated heterocycles. The maximum Gasteiger partial charge on any atom is 0.216 e. The fraction of sp³-hybridized carbons (Fsp3) is 0.0870. The maximum absolute atomic E-state index is 12.9. The highest BCUT2D eigenvalue weighted by molar-refractivity contribution is 7.95. The summed E-state index contributed by atoms with van der Waals surface area (Å²) in [6.07, 6.45) is 1.27. The summed E-state index contributed by atoms with van der Waals surface area (Å²) in [5.41, 5.74) is 1.25. The number of sulfone groups is 1. The molecule has 0 unspecified atom stereocenters. The number of hydrogen-bond acceptors (Lipinski definition) is 5. The molecule has 0 fully saturated rings. The molecular weight excluding hydrogens is 457 g/mol. The largest absolute Gasteiger partial charge is 0.493 e. The maximum atomic E-state index is 12.9. The van der Waals surface area contributed by atoms with Crippen LogP contribution in [0.2, 0.25) is 10.0 Å². The van der Waals surface area contributed by atoms with Gasteiger partial charge in [0.2, 0.25) is 9.84 Å². The van der Waals surface area contributed by atoms with Crippen LogP contribution in [0.25, 0.3) is 6.08 Å². The third-order valence-electron chi connectivity index (χ3n) is 4.34. The van der Waals surface area contributed by atoms with Crippen LogP contribution in [0.3, 0.4) is 0 Å². The van der Waals surface area contributed by atoms with E-state index in [2.05, 4.69) is 0 Å². The van der Waals surface area contributed by atoms with Crippen LogP contribution in [0.4, 0.5) is 0 Å². The molecule has 0 atom stereocenters. The molecule has 0 N–H and O–H groups in total. The van der Waals surface area contributed by atoms with Crippen molar-refractivity contribution in [2.45, 2.75) is 11.5 Å². The average molecular weight is 474 g/mol. The Kier molecular flexibility index (Phi) is 7.24. The Hall–Kier alpha value is -2.98. The lowest BCUT2D eigenvalue weighted by atomic mass is 10.1. The first kappa shape index (κ1) is 22.7. The number of nitriles is 1. The van der Waals surface area contributed by atoms with Crippen molar-refractivity contribution in [3.05, 3.63) is 92.8 Å². The van der Waals surface area contributed by atoms with E-state index < -0.39 is 14.7 Å². The van der Waals surface area contributed by atoms with Gasteiger partial charge in [-0.15, -0.1) is 0 Å². The number of benzene rings is 3. The van der Waals surface area contributed by atoms with Crippen LogP contribution >= 0.6 is 23.2 Å². The molecule has 3 rings (SSSR count). The Morgan fingerprint density at radius 1 is 1.00 bits per heavy atom. The summed E-state index contributed by atoms with van der Waals surface area (Å²) >= 11 is 11.8. The Morgan fingerprint density at radius 3 is 2.19 bits per heavy atom. The molecule has 0 aromatic heterocycles. The summed E-state index contributed by atoms with van der Waals surface area (Å²) in [4.78, 5) is -0.462. The molecule has 0 aliphatic rings. The third kappa shape index (κ3) is 5.39. The van der Waals surface area contributed by atoms with Gasteiger partial charge in [-0.25, -0.2) is 8.42 Å². The number of nitrogens with zero attached hydrogens (tertiary/aromatic N) is 1. The molecule has 5 nitrogen and oxygen atoms in total. The summed E-state index contributed by atoms with van der Waals surface area (Å²) in [5, 5.41) is 10.6. The normalized spacial score (nSPS) is 11.6. The lowest BCUT2D eigenvalue weighted by molar-refractivity contribution is 0.284. The predicted octanol–water partition coefficient (Wildman–Crippen LogP) is 5.92. The van der Waals surface area contributed by atoms with E-state index in [0.29, 0.717) is 27.1 Å². The lowest BCUT2D eigenvalue weighted by Crippen LogP contribution is -2.04. The van der Waals surface area contributed by atoms with E-state index in [9.17, 15) is 13.7 Å². The van der Waals surface area contributed by atoms with Crippen molar-refractivity contribution in [2.24, 2.45) is 0 Å². The first-order valence-electron chi connectivity index (χ1n) is 9.02. The minimum absolute atomic E-state index is 0.0313. The zero-order valence-corrected chi connectivity index (χ0v) is 18.7. The standard InChI is InChI=1S/C23H17Cl2NO4S/c1-29-22-4-2-3-17(23(22)30-15-16-5-7-18(24)8-6-16)13-21(14-26)31(27,28)20-11-9-19(25)10-12-20/h2-13H,15H2,1H3. The topological polar surface area (TPSA) is 76.4 Å². The van der Waals surface area contributed by atoms with E-state index in [4.69, 9.17) is 32.7 Å². The van der Waals surface area contributed by atoms with E-state index in [-0.39, 0.29) is 11.5 Å². The van der Waals surface area contributed by atoms with Gasteiger partial charge in [0.25, 0.3) is 0 Å². The highest BCUT2D eigenvalue weighted by atomic mass is 35.5. The smallest absolute Gasteiger partial charge is 0.216 e. The molecular formula is C23H17Cl2NO4S. The molecule has 0 aliphatic carbocycles. The molecule has 0 heterocycles. The van der Waals surface area contributed by atoms with E-state index in [1.807, 2.05) is 12.1 Å². The minimum Gasteiger partial charge on any atom is -0.493 e. The Balaban J connectivity index is 2.00. The van der Waals surface area contributed by atoms with Crippen molar-refractivity contribution in [1.29, 1.82) is 5.26 Å². The molecule has 0 amide bonds. The van der Waals surface area contributed by atoms with Gasteiger partial charge in [0.1, 0.15) is 17.6 Å². The molecule has 0 saturated carbocycles. The van der Waals surface area contributed by atoms with Gasteiger partial charge >= 0.3 is 0 Å². The van der Waals surface area contributed by atoms with Crippen LogP contribution in [0.5, 0.6) is 11.5 Å². The third-order valence-corrected chi connectivity index (χ3v) is 6.52. The highest BCUT2D eigenvalue weighted by Crippen LogP contribution is 2.34. The molecule has 8 heteroatoms. The summed E-state index contributed by atoms with van der Waals surface area (Å²) in [7, 11) is -2.56. The van der Waals surface area contributed by atoms with Crippen LogP contribution in [0, 0.1) is 11.3 Å². The molecule has 0 spiro atoms. The van der Waals surface area contributed by atoms with Crippen molar-refractivity contribution in [1.82, 2.24) is 0 Å². The zero-order valence-electron chi connectivity index (χ0n) is 16.4. The fourth-order valence-electron chi connectivity index (χ4n) is 2.75. The molecule has 0 radical (unpaired) electrons. The molecule has 158 valence electrons. The van der Waals surface area contributed by atoms with Crippen molar-refractivity contribution >= 4 is 39.1 Å². The van der Waals surface area contributed by atoms with Gasteiger partial charge in [-0.3, -0.25) is 0 Å². The number of hydrogen-bond donors (Lipinski definition) is 0. The average Bonchev–Trinajstić information content (AvgIpc) is 2.77. The fourth-order valence-corrected chi connectivity index (χ4v) is 4.15. The van der Waals surface area contributed by atoms with Gasteiger partial charge in [-0.05, 0) is 54.1 Å². The quantitative estimate of drug-likeness (QED) is 0.398. The first-order chi connectivity index (χ1) is 14.8. The number of para-hydroxylation sites is 1. The summed E-state index contributed by atoms with van der Waals surface area (Å²) in [5.74, 6) is 0.725. The Morgan fingerprint density at radius 2 is 1.61 bits per heavy atom. The molecule has 3 aromatic carbocycles. The zero-order chi connectivity index (χ0) is 22.4. The second-order valence-corrected chi connectivity index (χ2v) is 9.16. The summed E-state index contributed by atoms with van der Waals surface area (Å²) in [6, 6.07) is 19.5. The number of halogens is 2. The van der Waals surface area contributed by atoms with Crippen molar-refractivity contribution in [2.75, 3.05) is 7.11 Å². The molecule has 3 aromatic rings. The Bertz CT molecular complexity index is 1250. The second-order valence-electron chi connectivity index (χ2n) is 6.37. The van der Waals surface area contributed by atoms with Crippen molar-refractivity contribution in [3.8, 4) is 17.6 Å². The Labute approximate surface area is 191 Å². The highest BCUT2D eigenvalue weighted by Gasteiger charge is 2.22. The van der Waals surface area contributed by atoms with Gasteiger partial charge in [0.05, 0.1) is 12.0 Å². The van der Waals surface area contributed by atoms with Crippen molar-refractivity contribution in [3.63, 3.8) is 0 Å². The SMILES string of the molecule is COc1cccc(C=C(C#N)S(=O)(=O)c2ccc(Cl)cc2)c1OCc1ccc(Cl)cc1. The number of rotatable bonds is 7. The van der Waals surface area contributed by atoms with Gasteiger partial charge in [-0.2, -0.15) is 5.26 Å². The van der Waals surface area contributed by atoms with Gasteiger partial charge < -0.3 is 9.47 Å². The van der Waals surface area contributed by atoms with Gasteiger partial charge in [0.15, 0.2) is 11.5 Å². The van der Waals surface area contributed by atoms with Gasteiger partial charge in [-0.1, -0.05) is 47.5 Å². The molecule has 31 heavy (non-hydrogen) atoms. The number of methoxy groups -OCH3 is 1. The summed E-state index contributed by atoms with van der Waals surface area (Å²) < 4.78 is 37.2. The molecule has 0 aliphatic heterocycles. The second kappa shape index (κ2) is 9.88. The number of allylic oxidation sites excluding steroid dienone is 1. The minimum atomic E-state index is -4.04. The van der Waals surface area contributed by atoms with Gasteiger partial charge in [0, 0.05) is 15.6 Å². The first-order valence-corrected chi connectivity index (χ1v) is 11.3. The van der Waals surface area contributed by atoms with Crippen LogP contribution in [0.1, 0.15) is 11.1 Å². The molecule has 0 bridgehead atoms. The van der Waals surface area contributed by atoms with Crippen LogP contribution in [-0.4, -0.2) is 15.5 Å². The van der Waals surface area contributed by atoms with E-state index in [0.717, 1.165) is 5.56 Å². The van der Waals surface area contributed by atoms with E-state index in [1.54, 1.807) is 36.4 Å². The van der Waals surface area contributed by atoms with Crippen LogP contribution < -0.4 is 9.47 Å². The van der Waals surface area contributed by atoms with Crippen LogP contribution in [0.15, 0.2) is 76.5 Å². The lowest BCUT2D eigenvalue weighted by Gasteiger charge is -2.14. The summed E-state index contributed by atoms with van der Waals surface area (Å²) in [6.45, 7) is 0.199. The van der Waals surface area contributed by atoms with E-state index in [1.165, 1.54) is 37.5 Å². The monoisotopic (exact) mass is 473 g/mol. The van der Waals surface area contributed by atoms with Crippen molar-refractivity contribution < 1.29 is 17.9 Å². The van der Waals surface area contributed by atoms with Crippen LogP contribution in [-0.2, 0) is 16.4 Å². The predicted molar refractivity (Wildman–Crippen MR) is 121 cm³/mol. The van der Waals surface area contributed by atoms with E-state index >= 15 is 0 Å². The number of ether oxygens (including phenoxy) is 2.